The third-order valence-corrected chi connectivity index (χ3v) is 4.93. The normalized spacial score (nSPS) is 11.0. The van der Waals surface area contributed by atoms with Crippen molar-refractivity contribution >= 4 is 11.6 Å². The smallest absolute Gasteiger partial charge is 0.0662 e. The van der Waals surface area contributed by atoms with E-state index in [1.807, 2.05) is 18.2 Å². The fourth-order valence-corrected chi connectivity index (χ4v) is 3.18. The first kappa shape index (κ1) is 17.7. The molecule has 0 aliphatic heterocycles. The molecule has 3 nitrogen and oxygen atoms in total. The standard InChI is InChI=1S/C21H24ClN3/c1-15-8-10-18(11-9-15)14-25-17(3)20(16(2)24-25)13-23-12-19-6-4-5-7-21(19)22/h4-11,23H,12-14H2,1-3H3. The van der Waals surface area contributed by atoms with Crippen LogP contribution in [0.1, 0.15) is 33.6 Å². The number of rotatable bonds is 6. The van der Waals surface area contributed by atoms with E-state index in [2.05, 4.69) is 61.1 Å². The van der Waals surface area contributed by atoms with Crippen LogP contribution in [-0.4, -0.2) is 9.78 Å². The van der Waals surface area contributed by atoms with Crippen LogP contribution in [0.5, 0.6) is 0 Å². The molecular formula is C21H24ClN3. The predicted molar refractivity (Wildman–Crippen MR) is 104 cm³/mol. The van der Waals surface area contributed by atoms with Gasteiger partial charge in [0.1, 0.15) is 0 Å². The Balaban J connectivity index is 1.67. The maximum absolute atomic E-state index is 6.22. The highest BCUT2D eigenvalue weighted by Crippen LogP contribution is 2.17. The zero-order valence-corrected chi connectivity index (χ0v) is 15.8. The molecule has 1 heterocycles. The Morgan fingerprint density at radius 1 is 0.960 bits per heavy atom. The van der Waals surface area contributed by atoms with Gasteiger partial charge < -0.3 is 5.32 Å². The van der Waals surface area contributed by atoms with Crippen LogP contribution >= 0.6 is 11.6 Å². The van der Waals surface area contributed by atoms with Gasteiger partial charge in [0.25, 0.3) is 0 Å². The highest BCUT2D eigenvalue weighted by Gasteiger charge is 2.11. The molecule has 0 atom stereocenters. The Morgan fingerprint density at radius 2 is 1.68 bits per heavy atom. The average molecular weight is 354 g/mol. The third kappa shape index (κ3) is 4.30. The molecule has 0 bridgehead atoms. The van der Waals surface area contributed by atoms with E-state index in [1.165, 1.54) is 22.4 Å². The second-order valence-corrected chi connectivity index (χ2v) is 6.89. The zero-order valence-electron chi connectivity index (χ0n) is 15.0. The molecule has 0 spiro atoms. The molecule has 4 heteroatoms. The molecule has 25 heavy (non-hydrogen) atoms. The molecule has 0 saturated carbocycles. The Morgan fingerprint density at radius 3 is 2.40 bits per heavy atom. The molecule has 2 aromatic carbocycles. The minimum absolute atomic E-state index is 0.752. The first-order chi connectivity index (χ1) is 12.0. The van der Waals surface area contributed by atoms with Crippen LogP contribution in [0.3, 0.4) is 0 Å². The maximum atomic E-state index is 6.22. The molecule has 1 N–H and O–H groups in total. The van der Waals surface area contributed by atoms with Crippen molar-refractivity contribution in [2.75, 3.05) is 0 Å². The van der Waals surface area contributed by atoms with E-state index < -0.39 is 0 Å². The summed E-state index contributed by atoms with van der Waals surface area (Å²) >= 11 is 6.22. The first-order valence-electron chi connectivity index (χ1n) is 8.57. The molecular weight excluding hydrogens is 330 g/mol. The van der Waals surface area contributed by atoms with Crippen molar-refractivity contribution in [2.24, 2.45) is 0 Å². The van der Waals surface area contributed by atoms with Gasteiger partial charge in [-0.15, -0.1) is 0 Å². The van der Waals surface area contributed by atoms with Gasteiger partial charge in [0.2, 0.25) is 0 Å². The maximum Gasteiger partial charge on any atom is 0.0662 e. The number of benzene rings is 2. The quantitative estimate of drug-likeness (QED) is 0.689. The molecule has 0 aliphatic carbocycles. The van der Waals surface area contributed by atoms with Gasteiger partial charge in [0.05, 0.1) is 12.2 Å². The van der Waals surface area contributed by atoms with Gasteiger partial charge in [-0.25, -0.2) is 0 Å². The first-order valence-corrected chi connectivity index (χ1v) is 8.95. The SMILES string of the molecule is Cc1ccc(Cn2nc(C)c(CNCc3ccccc3Cl)c2C)cc1. The molecule has 0 amide bonds. The van der Waals surface area contributed by atoms with Gasteiger partial charge in [-0.2, -0.15) is 5.10 Å². The minimum Gasteiger partial charge on any atom is -0.308 e. The molecule has 0 saturated heterocycles. The number of nitrogens with zero attached hydrogens (tertiary/aromatic N) is 2. The summed E-state index contributed by atoms with van der Waals surface area (Å²) in [5.41, 5.74) is 7.22. The largest absolute Gasteiger partial charge is 0.308 e. The Kier molecular flexibility index (Phi) is 5.57. The lowest BCUT2D eigenvalue weighted by atomic mass is 10.1. The number of aryl methyl sites for hydroxylation is 2. The van der Waals surface area contributed by atoms with Crippen molar-refractivity contribution in [3.8, 4) is 0 Å². The lowest BCUT2D eigenvalue weighted by Crippen LogP contribution is -2.14. The topological polar surface area (TPSA) is 29.9 Å². The summed E-state index contributed by atoms with van der Waals surface area (Å²) in [7, 11) is 0. The van der Waals surface area contributed by atoms with Gasteiger partial charge in [-0.3, -0.25) is 4.68 Å². The molecule has 3 aromatic rings. The van der Waals surface area contributed by atoms with Crippen LogP contribution in [-0.2, 0) is 19.6 Å². The van der Waals surface area contributed by atoms with E-state index in [-0.39, 0.29) is 0 Å². The average Bonchev–Trinajstić information content (AvgIpc) is 2.86. The van der Waals surface area contributed by atoms with Crippen LogP contribution < -0.4 is 5.32 Å². The molecule has 130 valence electrons. The molecule has 0 unspecified atom stereocenters. The highest BCUT2D eigenvalue weighted by atomic mass is 35.5. The van der Waals surface area contributed by atoms with Crippen molar-refractivity contribution in [3.63, 3.8) is 0 Å². The summed E-state index contributed by atoms with van der Waals surface area (Å²) in [6, 6.07) is 16.6. The van der Waals surface area contributed by atoms with Crippen molar-refractivity contribution in [1.29, 1.82) is 0 Å². The van der Waals surface area contributed by atoms with Crippen molar-refractivity contribution < 1.29 is 0 Å². The van der Waals surface area contributed by atoms with Gasteiger partial charge in [-0.05, 0) is 38.0 Å². The van der Waals surface area contributed by atoms with Crippen LogP contribution in [0.2, 0.25) is 5.02 Å². The van der Waals surface area contributed by atoms with Gasteiger partial charge in [-0.1, -0.05) is 59.6 Å². The van der Waals surface area contributed by atoms with Gasteiger partial charge in [0.15, 0.2) is 0 Å². The van der Waals surface area contributed by atoms with Crippen molar-refractivity contribution in [3.05, 3.63) is 87.2 Å². The predicted octanol–water partition coefficient (Wildman–Crippen LogP) is 4.80. The molecule has 1 aromatic heterocycles. The van der Waals surface area contributed by atoms with Crippen LogP contribution in [0, 0.1) is 20.8 Å². The van der Waals surface area contributed by atoms with Crippen LogP contribution in [0.15, 0.2) is 48.5 Å². The summed E-state index contributed by atoms with van der Waals surface area (Å²) in [5, 5.41) is 9.01. The molecule has 3 rings (SSSR count). The Labute approximate surface area is 154 Å². The Hall–Kier alpha value is -2.10. The van der Waals surface area contributed by atoms with E-state index in [0.29, 0.717) is 0 Å². The van der Waals surface area contributed by atoms with E-state index in [9.17, 15) is 0 Å². The summed E-state index contributed by atoms with van der Waals surface area (Å²) in [6.07, 6.45) is 0. The number of halogens is 1. The summed E-state index contributed by atoms with van der Waals surface area (Å²) in [5.74, 6) is 0. The molecule has 0 aliphatic rings. The number of hydrogen-bond donors (Lipinski definition) is 1. The zero-order chi connectivity index (χ0) is 17.8. The van der Waals surface area contributed by atoms with Gasteiger partial charge >= 0.3 is 0 Å². The van der Waals surface area contributed by atoms with Crippen molar-refractivity contribution in [1.82, 2.24) is 15.1 Å². The van der Waals surface area contributed by atoms with E-state index >= 15 is 0 Å². The minimum atomic E-state index is 0.752. The summed E-state index contributed by atoms with van der Waals surface area (Å²) in [4.78, 5) is 0. The third-order valence-electron chi connectivity index (χ3n) is 4.56. The van der Waals surface area contributed by atoms with Crippen LogP contribution in [0.4, 0.5) is 0 Å². The number of nitrogens with one attached hydrogen (secondary N) is 1. The lowest BCUT2D eigenvalue weighted by Gasteiger charge is -2.08. The van der Waals surface area contributed by atoms with E-state index in [4.69, 9.17) is 16.7 Å². The summed E-state index contributed by atoms with van der Waals surface area (Å²) in [6.45, 7) is 8.66. The van der Waals surface area contributed by atoms with E-state index in [1.54, 1.807) is 0 Å². The van der Waals surface area contributed by atoms with Crippen molar-refractivity contribution in [2.45, 2.75) is 40.4 Å². The molecule has 0 radical (unpaired) electrons. The molecule has 0 fully saturated rings. The fraction of sp³-hybridized carbons (Fsp3) is 0.286. The Bertz CT molecular complexity index is 850. The highest BCUT2D eigenvalue weighted by molar-refractivity contribution is 6.31. The van der Waals surface area contributed by atoms with Gasteiger partial charge in [0, 0.05) is 29.4 Å². The fourth-order valence-electron chi connectivity index (χ4n) is 2.97. The second-order valence-electron chi connectivity index (χ2n) is 6.49. The lowest BCUT2D eigenvalue weighted by molar-refractivity contribution is 0.653. The second kappa shape index (κ2) is 7.85. The monoisotopic (exact) mass is 353 g/mol. The number of hydrogen-bond acceptors (Lipinski definition) is 2. The number of aromatic nitrogens is 2. The van der Waals surface area contributed by atoms with E-state index in [0.717, 1.165) is 35.9 Å². The van der Waals surface area contributed by atoms with Crippen LogP contribution in [0.25, 0.3) is 0 Å². The summed E-state index contributed by atoms with van der Waals surface area (Å²) < 4.78 is 2.09.